The van der Waals surface area contributed by atoms with Gasteiger partial charge in [-0.2, -0.15) is 0 Å². The molecule has 135 valence electrons. The fraction of sp³-hybridized carbons (Fsp3) is 0.0909. The molecule has 0 aliphatic carbocycles. The lowest BCUT2D eigenvalue weighted by molar-refractivity contribution is -0.151. The first-order valence-electron chi connectivity index (χ1n) is 8.37. The summed E-state index contributed by atoms with van der Waals surface area (Å²) in [7, 11) is 0. The highest BCUT2D eigenvalue weighted by atomic mass is 79.9. The van der Waals surface area contributed by atoms with Crippen molar-refractivity contribution < 1.29 is 14.3 Å². The molecule has 0 saturated carbocycles. The Morgan fingerprint density at radius 3 is 1.78 bits per heavy atom. The monoisotopic (exact) mass is 422 g/mol. The summed E-state index contributed by atoms with van der Waals surface area (Å²) in [6.45, 7) is 0. The van der Waals surface area contributed by atoms with Crippen LogP contribution in [-0.2, 0) is 14.3 Å². The second kappa shape index (κ2) is 8.64. The number of esters is 1. The van der Waals surface area contributed by atoms with Crippen LogP contribution in [0, 0.1) is 0 Å². The van der Waals surface area contributed by atoms with Gasteiger partial charge in [0.2, 0.25) is 0 Å². The third-order valence-corrected chi connectivity index (χ3v) is 4.61. The van der Waals surface area contributed by atoms with Gasteiger partial charge in [-0.25, -0.2) is 0 Å². The minimum Gasteiger partial charge on any atom is -0.452 e. The van der Waals surface area contributed by atoms with Crippen molar-refractivity contribution in [1.82, 2.24) is 5.73 Å². The number of rotatable bonds is 6. The first kappa shape index (κ1) is 18.9. The molecule has 0 fully saturated rings. The zero-order chi connectivity index (χ0) is 19.2. The SMILES string of the molecule is [NH]C(=O)C(C(=O)OC(c1ccccc1)c1ccccc1)c1cccc(Br)c1. The normalized spacial score (nSPS) is 11.8. The Balaban J connectivity index is 1.94. The highest BCUT2D eigenvalue weighted by Gasteiger charge is 2.31. The minimum atomic E-state index is -1.29. The number of benzene rings is 3. The molecule has 5 heteroatoms. The first-order chi connectivity index (χ1) is 13.1. The van der Waals surface area contributed by atoms with Crippen LogP contribution in [0.2, 0.25) is 0 Å². The fourth-order valence-corrected chi connectivity index (χ4v) is 3.27. The van der Waals surface area contributed by atoms with Gasteiger partial charge in [0.05, 0.1) is 0 Å². The Hall–Kier alpha value is -2.92. The Labute approximate surface area is 166 Å². The van der Waals surface area contributed by atoms with E-state index >= 15 is 0 Å². The van der Waals surface area contributed by atoms with Crippen LogP contribution >= 0.6 is 15.9 Å². The summed E-state index contributed by atoms with van der Waals surface area (Å²) in [5, 5.41) is 0. The molecule has 0 saturated heterocycles. The molecule has 0 bridgehead atoms. The number of hydrogen-bond acceptors (Lipinski definition) is 3. The Morgan fingerprint density at radius 2 is 1.30 bits per heavy atom. The van der Waals surface area contributed by atoms with Crippen LogP contribution < -0.4 is 5.73 Å². The number of nitrogens with one attached hydrogen (secondary N) is 1. The molecule has 0 spiro atoms. The molecule has 0 aromatic heterocycles. The summed E-state index contributed by atoms with van der Waals surface area (Å²) in [4.78, 5) is 24.8. The summed E-state index contributed by atoms with van der Waals surface area (Å²) in [6.07, 6.45) is -0.658. The molecule has 0 aliphatic heterocycles. The van der Waals surface area contributed by atoms with E-state index in [1.165, 1.54) is 0 Å². The second-order valence-corrected chi connectivity index (χ2v) is 6.91. The maximum atomic E-state index is 12.9. The van der Waals surface area contributed by atoms with Gasteiger partial charge in [0, 0.05) is 4.47 Å². The quantitative estimate of drug-likeness (QED) is 0.427. The van der Waals surface area contributed by atoms with Crippen LogP contribution in [-0.4, -0.2) is 11.9 Å². The van der Waals surface area contributed by atoms with E-state index in [2.05, 4.69) is 15.9 Å². The van der Waals surface area contributed by atoms with E-state index in [0.29, 0.717) is 5.56 Å². The third-order valence-electron chi connectivity index (χ3n) is 4.12. The van der Waals surface area contributed by atoms with E-state index in [9.17, 15) is 9.59 Å². The van der Waals surface area contributed by atoms with Crippen molar-refractivity contribution in [3.8, 4) is 0 Å². The van der Waals surface area contributed by atoms with Gasteiger partial charge < -0.3 is 4.74 Å². The molecule has 27 heavy (non-hydrogen) atoms. The van der Waals surface area contributed by atoms with Crippen LogP contribution in [0.3, 0.4) is 0 Å². The standard InChI is InChI=1S/C22H17BrNO3/c23-18-13-7-12-17(14-18)19(21(24)25)22(26)27-20(15-8-3-1-4-9-15)16-10-5-2-6-11-16/h1-14,19-20,24H. The predicted molar refractivity (Wildman–Crippen MR) is 106 cm³/mol. The number of carbonyl (C=O) groups excluding carboxylic acids is 2. The Bertz CT molecular complexity index is 889. The van der Waals surface area contributed by atoms with Crippen LogP contribution in [0.1, 0.15) is 28.7 Å². The molecular weight excluding hydrogens is 406 g/mol. The molecule has 1 atom stereocenters. The number of carbonyl (C=O) groups is 2. The smallest absolute Gasteiger partial charge is 0.324 e. The first-order valence-corrected chi connectivity index (χ1v) is 9.17. The van der Waals surface area contributed by atoms with Gasteiger partial charge >= 0.3 is 5.97 Å². The predicted octanol–water partition coefficient (Wildman–Crippen LogP) is 4.68. The molecule has 3 aromatic rings. The van der Waals surface area contributed by atoms with Gasteiger partial charge in [-0.1, -0.05) is 88.7 Å². The molecule has 0 heterocycles. The second-order valence-electron chi connectivity index (χ2n) is 5.99. The molecule has 4 nitrogen and oxygen atoms in total. The molecule has 1 radical (unpaired) electrons. The lowest BCUT2D eigenvalue weighted by Gasteiger charge is -2.21. The van der Waals surface area contributed by atoms with E-state index in [4.69, 9.17) is 10.5 Å². The Kier molecular flexibility index (Phi) is 6.04. The third kappa shape index (κ3) is 4.63. The molecule has 0 aliphatic rings. The van der Waals surface area contributed by atoms with Crippen molar-refractivity contribution in [2.75, 3.05) is 0 Å². The van der Waals surface area contributed by atoms with E-state index < -0.39 is 23.9 Å². The van der Waals surface area contributed by atoms with Crippen molar-refractivity contribution in [1.29, 1.82) is 0 Å². The lowest BCUT2D eigenvalue weighted by atomic mass is 9.97. The summed E-state index contributed by atoms with van der Waals surface area (Å²) in [5.74, 6) is -3.04. The van der Waals surface area contributed by atoms with Crippen molar-refractivity contribution in [2.24, 2.45) is 0 Å². The largest absolute Gasteiger partial charge is 0.452 e. The van der Waals surface area contributed by atoms with Crippen molar-refractivity contribution >= 4 is 27.8 Å². The summed E-state index contributed by atoms with van der Waals surface area (Å²) >= 11 is 3.33. The van der Waals surface area contributed by atoms with Gasteiger partial charge in [-0.15, -0.1) is 0 Å². The van der Waals surface area contributed by atoms with Crippen LogP contribution in [0.4, 0.5) is 0 Å². The molecule has 3 aromatic carbocycles. The Morgan fingerprint density at radius 1 is 0.778 bits per heavy atom. The van der Waals surface area contributed by atoms with Crippen molar-refractivity contribution in [2.45, 2.75) is 12.0 Å². The number of halogens is 1. The average Bonchev–Trinajstić information content (AvgIpc) is 2.67. The number of hydrogen-bond donors (Lipinski definition) is 0. The van der Waals surface area contributed by atoms with Gasteiger partial charge in [-0.3, -0.25) is 15.3 Å². The number of ether oxygens (including phenoxy) is 1. The van der Waals surface area contributed by atoms with E-state index in [-0.39, 0.29) is 0 Å². The van der Waals surface area contributed by atoms with Crippen molar-refractivity contribution in [3.63, 3.8) is 0 Å². The maximum absolute atomic E-state index is 12.9. The van der Waals surface area contributed by atoms with E-state index in [1.54, 1.807) is 24.3 Å². The zero-order valence-electron chi connectivity index (χ0n) is 14.3. The topological polar surface area (TPSA) is 67.2 Å². The van der Waals surface area contributed by atoms with E-state index in [1.807, 2.05) is 60.7 Å². The van der Waals surface area contributed by atoms with Crippen LogP contribution in [0.15, 0.2) is 89.4 Å². The zero-order valence-corrected chi connectivity index (χ0v) is 15.9. The highest BCUT2D eigenvalue weighted by molar-refractivity contribution is 9.10. The van der Waals surface area contributed by atoms with Gasteiger partial charge in [0.1, 0.15) is 0 Å². The lowest BCUT2D eigenvalue weighted by Crippen LogP contribution is -2.26. The molecule has 1 N–H and O–H groups in total. The minimum absolute atomic E-state index is 0.425. The molecule has 1 amide bonds. The summed E-state index contributed by atoms with van der Waals surface area (Å²) < 4.78 is 6.47. The van der Waals surface area contributed by atoms with Crippen molar-refractivity contribution in [3.05, 3.63) is 106 Å². The van der Waals surface area contributed by atoms with E-state index in [0.717, 1.165) is 15.6 Å². The summed E-state index contributed by atoms with van der Waals surface area (Å²) in [5.41, 5.74) is 9.58. The number of amides is 1. The van der Waals surface area contributed by atoms with Crippen LogP contribution in [0.5, 0.6) is 0 Å². The average molecular weight is 423 g/mol. The van der Waals surface area contributed by atoms with Crippen LogP contribution in [0.25, 0.3) is 0 Å². The molecular formula is C22H17BrNO3. The fourth-order valence-electron chi connectivity index (χ4n) is 2.85. The van der Waals surface area contributed by atoms with Gasteiger partial charge in [0.25, 0.3) is 5.91 Å². The maximum Gasteiger partial charge on any atom is 0.324 e. The van der Waals surface area contributed by atoms with Gasteiger partial charge in [0.15, 0.2) is 12.0 Å². The summed E-state index contributed by atoms with van der Waals surface area (Å²) in [6, 6.07) is 25.5. The molecule has 3 rings (SSSR count). The highest BCUT2D eigenvalue weighted by Crippen LogP contribution is 2.29. The van der Waals surface area contributed by atoms with Gasteiger partial charge in [-0.05, 0) is 28.8 Å². The molecule has 1 unspecified atom stereocenters.